The van der Waals surface area contributed by atoms with Crippen molar-refractivity contribution in [1.29, 1.82) is 0 Å². The second kappa shape index (κ2) is 11.1. The highest BCUT2D eigenvalue weighted by molar-refractivity contribution is 6.30. The van der Waals surface area contributed by atoms with Crippen molar-refractivity contribution in [2.24, 2.45) is 5.73 Å². The number of quaternary nitrogens is 1. The van der Waals surface area contributed by atoms with Crippen molar-refractivity contribution in [2.75, 3.05) is 6.54 Å². The average molecular weight is 571 g/mol. The summed E-state index contributed by atoms with van der Waals surface area (Å²) in [6.07, 6.45) is -5.86. The molecule has 3 rings (SSSR count). The summed E-state index contributed by atoms with van der Waals surface area (Å²) in [5, 5.41) is 14.0. The Kier molecular flexibility index (Phi) is 8.69. The van der Waals surface area contributed by atoms with E-state index in [-0.39, 0.29) is 31.0 Å². The summed E-state index contributed by atoms with van der Waals surface area (Å²) in [6, 6.07) is 9.21. The number of alkyl halides is 3. The Labute approximate surface area is 229 Å². The molecule has 0 aromatic heterocycles. The SMILES string of the molecule is CC(C)(C)OC(=O)NCc1ccc(Cl)cc1C[N+]1(C(=O)C(O)(c2ccccc2)C(F)(F)F)CCC[C@H]1C(N)=O. The molecule has 1 aliphatic heterocycles. The maximum atomic E-state index is 14.5. The normalized spacial score (nSPS) is 21.2. The highest BCUT2D eigenvalue weighted by Gasteiger charge is 2.70. The summed E-state index contributed by atoms with van der Waals surface area (Å²) in [6.45, 7) is 4.36. The molecule has 3 amide bonds. The topological polar surface area (TPSA) is 119 Å². The molecule has 12 heteroatoms. The summed E-state index contributed by atoms with van der Waals surface area (Å²) >= 11 is 6.21. The number of primary amides is 1. The van der Waals surface area contributed by atoms with Gasteiger partial charge in [-0.05, 0) is 38.5 Å². The molecule has 4 N–H and O–H groups in total. The number of hydrogen-bond donors (Lipinski definition) is 3. The van der Waals surface area contributed by atoms with E-state index in [1.807, 2.05) is 0 Å². The van der Waals surface area contributed by atoms with Crippen molar-refractivity contribution in [3.63, 3.8) is 0 Å². The largest absolute Gasteiger partial charge is 0.444 e. The van der Waals surface area contributed by atoms with Gasteiger partial charge in [0.15, 0.2) is 6.04 Å². The van der Waals surface area contributed by atoms with Gasteiger partial charge in [-0.15, -0.1) is 0 Å². The first-order valence-electron chi connectivity index (χ1n) is 12.3. The molecule has 39 heavy (non-hydrogen) atoms. The first-order chi connectivity index (χ1) is 18.0. The molecule has 0 bridgehead atoms. The highest BCUT2D eigenvalue weighted by atomic mass is 35.5. The van der Waals surface area contributed by atoms with Gasteiger partial charge in [0.2, 0.25) is 0 Å². The van der Waals surface area contributed by atoms with Gasteiger partial charge in [-0.3, -0.25) is 4.79 Å². The Morgan fingerprint density at radius 1 is 1.10 bits per heavy atom. The van der Waals surface area contributed by atoms with Crippen molar-refractivity contribution in [3.8, 4) is 0 Å². The molecule has 2 unspecified atom stereocenters. The minimum atomic E-state index is -5.41. The number of hydrogen-bond acceptors (Lipinski definition) is 5. The third-order valence-corrected chi connectivity index (χ3v) is 6.95. The van der Waals surface area contributed by atoms with E-state index in [2.05, 4.69) is 5.32 Å². The van der Waals surface area contributed by atoms with Crippen molar-refractivity contribution in [3.05, 3.63) is 70.2 Å². The van der Waals surface area contributed by atoms with Crippen LogP contribution in [0.5, 0.6) is 0 Å². The van der Waals surface area contributed by atoms with E-state index < -0.39 is 57.9 Å². The maximum Gasteiger partial charge on any atom is 0.434 e. The number of benzene rings is 2. The molecule has 2 aromatic rings. The van der Waals surface area contributed by atoms with E-state index in [1.165, 1.54) is 30.3 Å². The van der Waals surface area contributed by atoms with Gasteiger partial charge in [-0.1, -0.05) is 48.0 Å². The second-order valence-electron chi connectivity index (χ2n) is 10.6. The Morgan fingerprint density at radius 3 is 2.31 bits per heavy atom. The molecular formula is C27H32ClF3N3O5+. The average Bonchev–Trinajstić information content (AvgIpc) is 3.26. The van der Waals surface area contributed by atoms with E-state index in [0.29, 0.717) is 11.1 Å². The summed E-state index contributed by atoms with van der Waals surface area (Å²) in [5.41, 5.74) is 0.991. The lowest BCUT2D eigenvalue weighted by molar-refractivity contribution is -0.875. The van der Waals surface area contributed by atoms with E-state index >= 15 is 0 Å². The fourth-order valence-electron chi connectivity index (χ4n) is 4.97. The molecule has 0 spiro atoms. The second-order valence-corrected chi connectivity index (χ2v) is 11.1. The molecule has 8 nitrogen and oxygen atoms in total. The summed E-state index contributed by atoms with van der Waals surface area (Å²) in [7, 11) is 0. The standard InChI is InChI=1S/C27H31ClF3N3O5/c1-25(2,3)39-24(37)33-15-17-11-12-20(28)14-18(17)16-34(13-7-10-21(34)22(32)35)23(36)26(38,27(29,30)31)19-8-5-4-6-9-19/h4-6,8-9,11-12,14,21,38H,7,10,13,15-16H2,1-3H3,(H2-,32,33,35,37)/p+1/t21-,26?,34?/m0/s1. The third kappa shape index (κ3) is 6.37. The van der Waals surface area contributed by atoms with Crippen LogP contribution in [-0.4, -0.2) is 51.9 Å². The minimum absolute atomic E-state index is 0.0514. The number of alkyl carbamates (subject to hydrolysis) is 1. The Hall–Kier alpha value is -3.15. The number of halogens is 4. The smallest absolute Gasteiger partial charge is 0.434 e. The van der Waals surface area contributed by atoms with E-state index in [4.69, 9.17) is 22.1 Å². The molecule has 2 aromatic carbocycles. The van der Waals surface area contributed by atoms with Crippen LogP contribution < -0.4 is 11.1 Å². The quantitative estimate of drug-likeness (QED) is 0.429. The number of nitrogens with one attached hydrogen (secondary N) is 1. The molecule has 212 valence electrons. The van der Waals surface area contributed by atoms with Crippen LogP contribution in [0.3, 0.4) is 0 Å². The zero-order chi connectivity index (χ0) is 29.2. The molecule has 0 saturated carbocycles. The van der Waals surface area contributed by atoms with Crippen molar-refractivity contribution in [1.82, 2.24) is 5.32 Å². The van der Waals surface area contributed by atoms with E-state index in [0.717, 1.165) is 12.1 Å². The molecule has 1 saturated heterocycles. The lowest BCUT2D eigenvalue weighted by Crippen LogP contribution is -2.68. The molecular weight excluding hydrogens is 539 g/mol. The Bertz CT molecular complexity index is 1240. The lowest BCUT2D eigenvalue weighted by Gasteiger charge is -2.42. The van der Waals surface area contributed by atoms with Gasteiger partial charge in [0.25, 0.3) is 5.91 Å². The first kappa shape index (κ1) is 30.4. The van der Waals surface area contributed by atoms with Gasteiger partial charge in [0.05, 0.1) is 6.54 Å². The molecule has 3 atom stereocenters. The lowest BCUT2D eigenvalue weighted by atomic mass is 9.89. The van der Waals surface area contributed by atoms with Gasteiger partial charge in [-0.25, -0.2) is 14.1 Å². The number of carbonyl (C=O) groups is 3. The number of aliphatic hydroxyl groups is 1. The number of likely N-dealkylation sites (tertiary alicyclic amines) is 1. The highest BCUT2D eigenvalue weighted by Crippen LogP contribution is 2.45. The number of carbonyl (C=O) groups excluding carboxylic acids is 3. The fourth-order valence-corrected chi connectivity index (χ4v) is 5.16. The zero-order valence-corrected chi connectivity index (χ0v) is 22.6. The number of nitrogens with zero attached hydrogens (tertiary/aromatic N) is 1. The van der Waals surface area contributed by atoms with Crippen molar-refractivity contribution in [2.45, 2.75) is 70.1 Å². The van der Waals surface area contributed by atoms with Crippen LogP contribution in [0.2, 0.25) is 5.02 Å². The van der Waals surface area contributed by atoms with E-state index in [9.17, 15) is 32.7 Å². The number of amides is 3. The van der Waals surface area contributed by atoms with Crippen LogP contribution in [-0.2, 0) is 33.0 Å². The number of ether oxygens (including phenoxy) is 1. The van der Waals surface area contributed by atoms with Crippen LogP contribution >= 0.6 is 11.6 Å². The molecule has 0 radical (unpaired) electrons. The van der Waals surface area contributed by atoms with Crippen LogP contribution in [0.1, 0.15) is 50.3 Å². The van der Waals surface area contributed by atoms with Crippen molar-refractivity contribution >= 4 is 29.5 Å². The predicted octanol–water partition coefficient (Wildman–Crippen LogP) is 4.31. The number of rotatable bonds is 7. The first-order valence-corrected chi connectivity index (χ1v) is 12.7. The third-order valence-electron chi connectivity index (χ3n) is 6.72. The van der Waals surface area contributed by atoms with E-state index in [1.54, 1.807) is 26.8 Å². The van der Waals surface area contributed by atoms with Gasteiger partial charge in [0, 0.05) is 35.5 Å². The molecule has 0 aliphatic carbocycles. The fraction of sp³-hybridized carbons (Fsp3) is 0.444. The summed E-state index contributed by atoms with van der Waals surface area (Å²) in [4.78, 5) is 38.8. The molecule has 1 aliphatic rings. The summed E-state index contributed by atoms with van der Waals surface area (Å²) < 4.78 is 47.8. The minimum Gasteiger partial charge on any atom is -0.444 e. The van der Waals surface area contributed by atoms with Gasteiger partial charge in [-0.2, -0.15) is 13.2 Å². The van der Waals surface area contributed by atoms with Crippen LogP contribution in [0.4, 0.5) is 18.0 Å². The number of nitrogens with two attached hydrogens (primary N) is 1. The van der Waals surface area contributed by atoms with Gasteiger partial charge < -0.3 is 20.9 Å². The zero-order valence-electron chi connectivity index (χ0n) is 21.8. The van der Waals surface area contributed by atoms with Crippen LogP contribution in [0, 0.1) is 0 Å². The summed E-state index contributed by atoms with van der Waals surface area (Å²) in [5.74, 6) is -2.58. The van der Waals surface area contributed by atoms with Crippen LogP contribution in [0.25, 0.3) is 0 Å². The molecule has 1 heterocycles. The van der Waals surface area contributed by atoms with Crippen LogP contribution in [0.15, 0.2) is 48.5 Å². The Morgan fingerprint density at radius 2 is 1.74 bits per heavy atom. The van der Waals surface area contributed by atoms with Gasteiger partial charge in [0.1, 0.15) is 12.1 Å². The monoisotopic (exact) mass is 570 g/mol. The van der Waals surface area contributed by atoms with Crippen molar-refractivity contribution < 1.29 is 41.9 Å². The molecule has 1 fully saturated rings. The predicted molar refractivity (Wildman–Crippen MR) is 137 cm³/mol. The Balaban J connectivity index is 2.11. The van der Waals surface area contributed by atoms with Gasteiger partial charge >= 0.3 is 23.8 Å². The maximum absolute atomic E-state index is 14.5.